The van der Waals surface area contributed by atoms with Crippen LogP contribution in [0, 0.1) is 23.2 Å². The van der Waals surface area contributed by atoms with Crippen molar-refractivity contribution >= 4 is 11.6 Å². The Morgan fingerprint density at radius 2 is 1.95 bits per heavy atom. The molecule has 0 aliphatic heterocycles. The summed E-state index contributed by atoms with van der Waals surface area (Å²) in [6.45, 7) is 4.32. The highest BCUT2D eigenvalue weighted by molar-refractivity contribution is 5.87. The van der Waals surface area contributed by atoms with E-state index in [-0.39, 0.29) is 17.6 Å². The minimum Gasteiger partial charge on any atom is -0.393 e. The van der Waals surface area contributed by atoms with Crippen LogP contribution >= 0.6 is 0 Å². The third-order valence-electron chi connectivity index (χ3n) is 6.68. The smallest absolute Gasteiger partial charge is 0.139 e. The Morgan fingerprint density at radius 3 is 2.73 bits per heavy atom. The zero-order valence-corrected chi connectivity index (χ0v) is 13.8. The van der Waals surface area contributed by atoms with E-state index in [0.717, 1.165) is 32.1 Å². The van der Waals surface area contributed by atoms with Crippen LogP contribution in [0.5, 0.6) is 0 Å². The van der Waals surface area contributed by atoms with Crippen molar-refractivity contribution in [2.24, 2.45) is 23.2 Å². The molecule has 122 valence electrons. The second kappa shape index (κ2) is 5.92. The van der Waals surface area contributed by atoms with Gasteiger partial charge in [0.15, 0.2) is 0 Å². The van der Waals surface area contributed by atoms with Gasteiger partial charge in [-0.1, -0.05) is 18.6 Å². The maximum absolute atomic E-state index is 12.4. The van der Waals surface area contributed by atoms with Crippen molar-refractivity contribution in [3.63, 3.8) is 0 Å². The normalized spacial score (nSPS) is 45.7. The molecule has 0 heterocycles. The number of hydrogen-bond donors (Lipinski definition) is 1. The number of hydrogen-bond acceptors (Lipinski definition) is 3. The first kappa shape index (κ1) is 15.9. The first-order valence-corrected chi connectivity index (χ1v) is 8.81. The lowest BCUT2D eigenvalue weighted by molar-refractivity contribution is -0.129. The Morgan fingerprint density at radius 1 is 1.18 bits per heavy atom. The number of rotatable bonds is 0. The molecule has 0 aromatic rings. The number of carbonyl (C=O) groups excluding carboxylic acids is 2. The molecule has 0 unspecified atom stereocenters. The third kappa shape index (κ3) is 2.68. The minimum absolute atomic E-state index is 0.133. The van der Waals surface area contributed by atoms with Gasteiger partial charge in [-0.2, -0.15) is 0 Å². The Hall–Kier alpha value is -0.960. The van der Waals surface area contributed by atoms with Crippen molar-refractivity contribution in [1.82, 2.24) is 0 Å². The lowest BCUT2D eigenvalue weighted by Gasteiger charge is -2.46. The molecule has 1 N–H and O–H groups in total. The summed E-state index contributed by atoms with van der Waals surface area (Å²) in [7, 11) is 0. The van der Waals surface area contributed by atoms with Gasteiger partial charge in [0.05, 0.1) is 6.10 Å². The van der Waals surface area contributed by atoms with Crippen LogP contribution in [0.3, 0.4) is 0 Å². The monoisotopic (exact) mass is 304 g/mol. The molecule has 3 rings (SSSR count). The van der Waals surface area contributed by atoms with Gasteiger partial charge in [-0.15, -0.1) is 0 Å². The summed E-state index contributed by atoms with van der Waals surface area (Å²) >= 11 is 0. The molecule has 0 aromatic carbocycles. The molecule has 3 aliphatic carbocycles. The van der Waals surface area contributed by atoms with Crippen LogP contribution in [-0.2, 0) is 9.59 Å². The summed E-state index contributed by atoms with van der Waals surface area (Å²) < 4.78 is 0. The van der Waals surface area contributed by atoms with Crippen LogP contribution in [0.4, 0.5) is 0 Å². The van der Waals surface area contributed by atoms with Gasteiger partial charge in [-0.3, -0.25) is 9.59 Å². The molecule has 0 saturated heterocycles. The number of carbonyl (C=O) groups is 2. The SMILES string of the molecule is C/C1=C/CC(=O)C[C@@H](O)CC[C@@H]2[C@@H]1CC[C@]1(C)C(=O)CC[C@@H]21. The van der Waals surface area contributed by atoms with E-state index >= 15 is 0 Å². The highest BCUT2D eigenvalue weighted by Crippen LogP contribution is 2.56. The molecule has 0 spiro atoms. The lowest BCUT2D eigenvalue weighted by Crippen LogP contribution is -2.42. The molecule has 5 atom stereocenters. The Bertz CT molecular complexity index is 507. The van der Waals surface area contributed by atoms with E-state index in [1.165, 1.54) is 5.57 Å². The fourth-order valence-corrected chi connectivity index (χ4v) is 5.29. The van der Waals surface area contributed by atoms with E-state index in [9.17, 15) is 14.7 Å². The van der Waals surface area contributed by atoms with Crippen LogP contribution in [0.25, 0.3) is 0 Å². The average Bonchev–Trinajstić information content (AvgIpc) is 2.77. The largest absolute Gasteiger partial charge is 0.393 e. The van der Waals surface area contributed by atoms with Gasteiger partial charge in [0.2, 0.25) is 0 Å². The zero-order chi connectivity index (χ0) is 15.9. The van der Waals surface area contributed by atoms with Gasteiger partial charge < -0.3 is 5.11 Å². The van der Waals surface area contributed by atoms with E-state index in [4.69, 9.17) is 0 Å². The van der Waals surface area contributed by atoms with E-state index in [1.807, 2.05) is 0 Å². The van der Waals surface area contributed by atoms with Gasteiger partial charge in [-0.25, -0.2) is 0 Å². The van der Waals surface area contributed by atoms with Crippen molar-refractivity contribution in [1.29, 1.82) is 0 Å². The van der Waals surface area contributed by atoms with Crippen molar-refractivity contribution < 1.29 is 14.7 Å². The predicted octanol–water partition coefficient (Wildman–Crippen LogP) is 3.45. The fraction of sp³-hybridized carbons (Fsp3) is 0.789. The summed E-state index contributed by atoms with van der Waals surface area (Å²) in [4.78, 5) is 24.2. The number of aliphatic hydroxyl groups is 1. The van der Waals surface area contributed by atoms with Gasteiger partial charge in [0.25, 0.3) is 0 Å². The number of ketones is 2. The Balaban J connectivity index is 1.90. The summed E-state index contributed by atoms with van der Waals surface area (Å²) in [6.07, 6.45) is 7.72. The number of aliphatic hydroxyl groups excluding tert-OH is 1. The van der Waals surface area contributed by atoms with Gasteiger partial charge in [0, 0.05) is 24.7 Å². The second-order valence-electron chi connectivity index (χ2n) is 7.92. The second-order valence-corrected chi connectivity index (χ2v) is 7.92. The summed E-state index contributed by atoms with van der Waals surface area (Å²) in [5.41, 5.74) is 1.20. The molecule has 0 aromatic heterocycles. The number of allylic oxidation sites excluding steroid dienone is 2. The van der Waals surface area contributed by atoms with Gasteiger partial charge >= 0.3 is 0 Å². The van der Waals surface area contributed by atoms with Crippen molar-refractivity contribution in [3.05, 3.63) is 11.6 Å². The minimum atomic E-state index is -0.509. The van der Waals surface area contributed by atoms with Crippen LogP contribution in [0.15, 0.2) is 11.6 Å². The lowest BCUT2D eigenvalue weighted by atomic mass is 9.57. The zero-order valence-electron chi connectivity index (χ0n) is 13.8. The molecule has 2 saturated carbocycles. The van der Waals surface area contributed by atoms with Crippen molar-refractivity contribution in [2.75, 3.05) is 0 Å². The molecule has 0 bridgehead atoms. The topological polar surface area (TPSA) is 54.4 Å². The van der Waals surface area contributed by atoms with E-state index in [0.29, 0.717) is 36.4 Å². The molecule has 2 fully saturated rings. The highest BCUT2D eigenvalue weighted by Gasteiger charge is 2.53. The maximum Gasteiger partial charge on any atom is 0.139 e. The molecular weight excluding hydrogens is 276 g/mol. The molecule has 22 heavy (non-hydrogen) atoms. The first-order chi connectivity index (χ1) is 10.4. The molecular formula is C19H28O3. The van der Waals surface area contributed by atoms with Crippen molar-refractivity contribution in [3.8, 4) is 0 Å². The van der Waals surface area contributed by atoms with Crippen molar-refractivity contribution in [2.45, 2.75) is 71.3 Å². The van der Waals surface area contributed by atoms with Crippen LogP contribution in [-0.4, -0.2) is 22.8 Å². The average molecular weight is 304 g/mol. The van der Waals surface area contributed by atoms with E-state index in [2.05, 4.69) is 19.9 Å². The van der Waals surface area contributed by atoms with E-state index < -0.39 is 6.10 Å². The summed E-state index contributed by atoms with van der Waals surface area (Å²) in [5, 5.41) is 10.1. The Kier molecular flexibility index (Phi) is 4.28. The molecule has 0 amide bonds. The first-order valence-electron chi connectivity index (χ1n) is 8.81. The molecule has 3 heteroatoms. The third-order valence-corrected chi connectivity index (χ3v) is 6.68. The number of Topliss-reactive ketones (excluding diaryl/α,β-unsaturated/α-hetero) is 2. The molecule has 3 nitrogen and oxygen atoms in total. The molecule has 0 radical (unpaired) electrons. The standard InChI is InChI=1S/C19H28O3/c1-12-3-4-13(20)11-14(21)5-6-16-15(12)9-10-19(2)17(16)7-8-18(19)22/h3,14-17,21H,4-11H2,1-2H3/b12-3-/t14-,15+,16+,17-,19-/m0/s1. The van der Waals surface area contributed by atoms with Crippen LogP contribution in [0.1, 0.15) is 65.2 Å². The van der Waals surface area contributed by atoms with Crippen LogP contribution in [0.2, 0.25) is 0 Å². The summed E-state index contributed by atoms with van der Waals surface area (Å²) in [6, 6.07) is 0. The van der Waals surface area contributed by atoms with E-state index in [1.54, 1.807) is 0 Å². The van der Waals surface area contributed by atoms with Gasteiger partial charge in [-0.05, 0) is 56.8 Å². The van der Waals surface area contributed by atoms with Gasteiger partial charge in [0.1, 0.15) is 11.6 Å². The quantitative estimate of drug-likeness (QED) is 0.697. The fourth-order valence-electron chi connectivity index (χ4n) is 5.29. The summed E-state index contributed by atoms with van der Waals surface area (Å²) in [5.74, 6) is 2.03. The highest BCUT2D eigenvalue weighted by atomic mass is 16.3. The maximum atomic E-state index is 12.4. The predicted molar refractivity (Wildman–Crippen MR) is 85.3 cm³/mol. The Labute approximate surface area is 133 Å². The number of fused-ring (bicyclic) bond motifs is 3. The molecule has 3 aliphatic rings. The van der Waals surface area contributed by atoms with Crippen LogP contribution < -0.4 is 0 Å².